The number of nitrogen functional groups attached to an aromatic ring is 1. The van der Waals surface area contributed by atoms with Gasteiger partial charge in [0.15, 0.2) is 0 Å². The van der Waals surface area contributed by atoms with Crippen LogP contribution in [0, 0.1) is 11.3 Å². The number of hydrogen-bond acceptors (Lipinski definition) is 2. The molecule has 4 heteroatoms. The second-order valence-corrected chi connectivity index (χ2v) is 6.29. The third-order valence-electron chi connectivity index (χ3n) is 3.80. The molecule has 1 fully saturated rings. The molecular formula is C16H25ClN2O. The summed E-state index contributed by atoms with van der Waals surface area (Å²) in [5.41, 5.74) is 7.77. The van der Waals surface area contributed by atoms with Crippen LogP contribution in [0.2, 0.25) is 0 Å². The molecule has 0 aromatic heterocycles. The third kappa shape index (κ3) is 5.04. The van der Waals surface area contributed by atoms with Gasteiger partial charge >= 0.3 is 0 Å². The molecule has 0 saturated heterocycles. The summed E-state index contributed by atoms with van der Waals surface area (Å²) in [7, 11) is 0. The van der Waals surface area contributed by atoms with Crippen molar-refractivity contribution < 1.29 is 4.79 Å². The number of halogens is 1. The third-order valence-corrected chi connectivity index (χ3v) is 3.80. The fraction of sp³-hybridized carbons (Fsp3) is 0.562. The van der Waals surface area contributed by atoms with Gasteiger partial charge in [-0.2, -0.15) is 0 Å². The van der Waals surface area contributed by atoms with Crippen molar-refractivity contribution in [2.24, 2.45) is 11.3 Å². The number of nitrogens with one attached hydrogen (secondary N) is 1. The monoisotopic (exact) mass is 296 g/mol. The Morgan fingerprint density at radius 3 is 2.40 bits per heavy atom. The number of nitrogens with two attached hydrogens (primary N) is 1. The van der Waals surface area contributed by atoms with Crippen molar-refractivity contribution in [1.29, 1.82) is 0 Å². The highest BCUT2D eigenvalue weighted by atomic mass is 35.5. The van der Waals surface area contributed by atoms with Gasteiger partial charge in [0.1, 0.15) is 0 Å². The predicted octanol–water partition coefficient (Wildman–Crippen LogP) is 3.18. The van der Waals surface area contributed by atoms with E-state index >= 15 is 0 Å². The quantitative estimate of drug-likeness (QED) is 0.792. The molecule has 0 bridgehead atoms. The average Bonchev–Trinajstić information content (AvgIpc) is 3.09. The van der Waals surface area contributed by atoms with E-state index in [4.69, 9.17) is 5.73 Å². The molecular weight excluding hydrogens is 272 g/mol. The SMILES string of the molecule is CC(C)CC1(CNC(=O)Cc2ccc(N)cc2)CC1.Cl. The van der Waals surface area contributed by atoms with Gasteiger partial charge in [-0.05, 0) is 48.3 Å². The van der Waals surface area contributed by atoms with E-state index in [1.165, 1.54) is 19.3 Å². The minimum absolute atomic E-state index is 0. The minimum Gasteiger partial charge on any atom is -0.399 e. The van der Waals surface area contributed by atoms with E-state index in [1.54, 1.807) is 0 Å². The molecule has 0 aliphatic heterocycles. The normalized spacial score (nSPS) is 15.6. The highest BCUT2D eigenvalue weighted by molar-refractivity contribution is 5.85. The molecule has 2 rings (SSSR count). The maximum absolute atomic E-state index is 11.9. The number of anilines is 1. The maximum atomic E-state index is 11.9. The van der Waals surface area contributed by atoms with Crippen molar-refractivity contribution in [3.63, 3.8) is 0 Å². The Kier molecular flexibility index (Phi) is 5.88. The van der Waals surface area contributed by atoms with E-state index in [9.17, 15) is 4.79 Å². The molecule has 0 unspecified atom stereocenters. The summed E-state index contributed by atoms with van der Waals surface area (Å²) in [6.45, 7) is 5.32. The summed E-state index contributed by atoms with van der Waals surface area (Å²) in [5, 5.41) is 3.08. The van der Waals surface area contributed by atoms with Crippen LogP contribution in [0.4, 0.5) is 5.69 Å². The van der Waals surface area contributed by atoms with Gasteiger partial charge < -0.3 is 11.1 Å². The number of carbonyl (C=O) groups is 1. The standard InChI is InChI=1S/C16H24N2O.ClH/c1-12(2)10-16(7-8-16)11-18-15(19)9-13-3-5-14(17)6-4-13;/h3-6,12H,7-11,17H2,1-2H3,(H,18,19);1H. The molecule has 112 valence electrons. The lowest BCUT2D eigenvalue weighted by atomic mass is 9.94. The first-order valence-corrected chi connectivity index (χ1v) is 7.10. The van der Waals surface area contributed by atoms with Gasteiger partial charge in [-0.15, -0.1) is 12.4 Å². The van der Waals surface area contributed by atoms with Crippen LogP contribution in [0.15, 0.2) is 24.3 Å². The number of hydrogen-bond donors (Lipinski definition) is 2. The summed E-state index contributed by atoms with van der Waals surface area (Å²) in [4.78, 5) is 11.9. The molecule has 1 aromatic carbocycles. The van der Waals surface area contributed by atoms with Crippen LogP contribution in [0.1, 0.15) is 38.7 Å². The Balaban J connectivity index is 0.00000200. The van der Waals surface area contributed by atoms with Gasteiger partial charge in [-0.3, -0.25) is 4.79 Å². The van der Waals surface area contributed by atoms with Crippen molar-refractivity contribution in [3.8, 4) is 0 Å². The van der Waals surface area contributed by atoms with Gasteiger partial charge in [0, 0.05) is 12.2 Å². The van der Waals surface area contributed by atoms with E-state index in [2.05, 4.69) is 19.2 Å². The van der Waals surface area contributed by atoms with E-state index in [1.807, 2.05) is 24.3 Å². The highest BCUT2D eigenvalue weighted by Crippen LogP contribution is 2.49. The number of rotatable bonds is 6. The lowest BCUT2D eigenvalue weighted by molar-refractivity contribution is -0.120. The predicted molar refractivity (Wildman–Crippen MR) is 85.9 cm³/mol. The minimum atomic E-state index is 0. The second-order valence-electron chi connectivity index (χ2n) is 6.29. The molecule has 1 amide bonds. The van der Waals surface area contributed by atoms with Crippen LogP contribution in [-0.2, 0) is 11.2 Å². The van der Waals surface area contributed by atoms with E-state index in [0.717, 1.165) is 17.8 Å². The summed E-state index contributed by atoms with van der Waals surface area (Å²) in [6, 6.07) is 7.50. The van der Waals surface area contributed by atoms with E-state index in [-0.39, 0.29) is 18.3 Å². The topological polar surface area (TPSA) is 55.1 Å². The van der Waals surface area contributed by atoms with Gasteiger partial charge in [-0.1, -0.05) is 26.0 Å². The average molecular weight is 297 g/mol. The van der Waals surface area contributed by atoms with Crippen molar-refractivity contribution in [1.82, 2.24) is 5.32 Å². The van der Waals surface area contributed by atoms with Crippen LogP contribution >= 0.6 is 12.4 Å². The van der Waals surface area contributed by atoms with Crippen molar-refractivity contribution in [3.05, 3.63) is 29.8 Å². The summed E-state index contributed by atoms with van der Waals surface area (Å²) in [5.74, 6) is 0.816. The Morgan fingerprint density at radius 2 is 1.90 bits per heavy atom. The molecule has 0 spiro atoms. The molecule has 1 aliphatic rings. The van der Waals surface area contributed by atoms with Crippen LogP contribution in [-0.4, -0.2) is 12.5 Å². The van der Waals surface area contributed by atoms with Gasteiger partial charge in [0.05, 0.1) is 6.42 Å². The molecule has 1 aromatic rings. The van der Waals surface area contributed by atoms with Gasteiger partial charge in [0.25, 0.3) is 0 Å². The molecule has 1 aliphatic carbocycles. The van der Waals surface area contributed by atoms with E-state index < -0.39 is 0 Å². The Labute approximate surface area is 127 Å². The Hall–Kier alpha value is -1.22. The van der Waals surface area contributed by atoms with Crippen molar-refractivity contribution in [2.75, 3.05) is 12.3 Å². The zero-order valence-corrected chi connectivity index (χ0v) is 13.1. The Bertz CT molecular complexity index is 438. The largest absolute Gasteiger partial charge is 0.399 e. The molecule has 0 radical (unpaired) electrons. The summed E-state index contributed by atoms with van der Waals surface area (Å²) in [6.07, 6.45) is 4.17. The van der Waals surface area contributed by atoms with Crippen LogP contribution < -0.4 is 11.1 Å². The van der Waals surface area contributed by atoms with Crippen LogP contribution in [0.25, 0.3) is 0 Å². The number of benzene rings is 1. The molecule has 3 nitrogen and oxygen atoms in total. The van der Waals surface area contributed by atoms with Crippen LogP contribution in [0.5, 0.6) is 0 Å². The van der Waals surface area contributed by atoms with Crippen LogP contribution in [0.3, 0.4) is 0 Å². The zero-order valence-electron chi connectivity index (χ0n) is 12.3. The summed E-state index contributed by atoms with van der Waals surface area (Å²) >= 11 is 0. The van der Waals surface area contributed by atoms with Gasteiger partial charge in [0.2, 0.25) is 5.91 Å². The first kappa shape index (κ1) is 16.8. The zero-order chi connectivity index (χ0) is 13.9. The summed E-state index contributed by atoms with van der Waals surface area (Å²) < 4.78 is 0. The lowest BCUT2D eigenvalue weighted by Gasteiger charge is -2.18. The van der Waals surface area contributed by atoms with Gasteiger partial charge in [-0.25, -0.2) is 0 Å². The lowest BCUT2D eigenvalue weighted by Crippen LogP contribution is -2.32. The highest BCUT2D eigenvalue weighted by Gasteiger charge is 2.42. The molecule has 0 heterocycles. The molecule has 20 heavy (non-hydrogen) atoms. The molecule has 1 saturated carbocycles. The number of carbonyl (C=O) groups excluding carboxylic acids is 1. The molecule has 0 atom stereocenters. The molecule has 3 N–H and O–H groups in total. The first-order valence-electron chi connectivity index (χ1n) is 7.10. The van der Waals surface area contributed by atoms with E-state index in [0.29, 0.717) is 17.8 Å². The fourth-order valence-electron chi connectivity index (χ4n) is 2.67. The smallest absolute Gasteiger partial charge is 0.224 e. The Morgan fingerprint density at radius 1 is 1.30 bits per heavy atom. The second kappa shape index (κ2) is 6.98. The maximum Gasteiger partial charge on any atom is 0.224 e. The van der Waals surface area contributed by atoms with Crippen molar-refractivity contribution >= 4 is 24.0 Å². The van der Waals surface area contributed by atoms with Crippen molar-refractivity contribution in [2.45, 2.75) is 39.5 Å². The number of amides is 1. The fourth-order valence-corrected chi connectivity index (χ4v) is 2.67. The first-order chi connectivity index (χ1) is 8.99.